The van der Waals surface area contributed by atoms with E-state index in [9.17, 15) is 18.4 Å². The van der Waals surface area contributed by atoms with E-state index in [2.05, 4.69) is 5.32 Å². The number of amides is 2. The molecule has 0 saturated carbocycles. The van der Waals surface area contributed by atoms with Gasteiger partial charge in [-0.15, -0.1) is 0 Å². The van der Waals surface area contributed by atoms with Gasteiger partial charge in [0.25, 0.3) is 5.91 Å². The van der Waals surface area contributed by atoms with Gasteiger partial charge in [-0.2, -0.15) is 0 Å². The van der Waals surface area contributed by atoms with E-state index in [1.807, 2.05) is 6.92 Å². The van der Waals surface area contributed by atoms with Gasteiger partial charge in [-0.1, -0.05) is 0 Å². The number of ether oxygens (including phenoxy) is 1. The number of rotatable bonds is 2. The number of carbonyl (C=O) groups is 2. The van der Waals surface area contributed by atoms with E-state index in [0.29, 0.717) is 39.3 Å². The van der Waals surface area contributed by atoms with Crippen molar-refractivity contribution in [2.45, 2.75) is 19.1 Å². The van der Waals surface area contributed by atoms with Crippen molar-refractivity contribution in [3.05, 3.63) is 35.4 Å². The summed E-state index contributed by atoms with van der Waals surface area (Å²) in [5.41, 5.74) is 0.106. The maximum atomic E-state index is 13.3. The molecule has 2 amide bonds. The highest BCUT2D eigenvalue weighted by molar-refractivity contribution is 5.94. The van der Waals surface area contributed by atoms with Crippen LogP contribution in [0.25, 0.3) is 0 Å². The minimum atomic E-state index is -1.04. The molecule has 2 heterocycles. The second kappa shape index (κ2) is 7.45. The van der Waals surface area contributed by atoms with Gasteiger partial charge in [0.1, 0.15) is 6.04 Å². The van der Waals surface area contributed by atoms with Gasteiger partial charge < -0.3 is 19.9 Å². The normalized spacial score (nSPS) is 24.3. The molecule has 0 bridgehead atoms. The fourth-order valence-electron chi connectivity index (χ4n) is 3.15. The maximum Gasteiger partial charge on any atom is 0.254 e. The van der Waals surface area contributed by atoms with Crippen LogP contribution in [-0.4, -0.2) is 73.1 Å². The summed E-state index contributed by atoms with van der Waals surface area (Å²) in [4.78, 5) is 28.2. The number of piperazine rings is 1. The van der Waals surface area contributed by atoms with Gasteiger partial charge in [0.05, 0.1) is 12.7 Å². The lowest BCUT2D eigenvalue weighted by Gasteiger charge is -2.38. The Kier molecular flexibility index (Phi) is 5.29. The smallest absolute Gasteiger partial charge is 0.254 e. The van der Waals surface area contributed by atoms with E-state index in [-0.39, 0.29) is 29.5 Å². The van der Waals surface area contributed by atoms with Crippen molar-refractivity contribution in [2.75, 3.05) is 39.3 Å². The molecule has 136 valence electrons. The maximum absolute atomic E-state index is 13.3. The predicted octanol–water partition coefficient (Wildman–Crippen LogP) is 0.626. The SMILES string of the molecule is C[C@H]1OCCN[C@@H]1C(=O)N1CCN(C(=O)c2ccc(F)c(F)c2)CC1. The van der Waals surface area contributed by atoms with Gasteiger partial charge in [-0.05, 0) is 25.1 Å². The Morgan fingerprint density at radius 2 is 1.80 bits per heavy atom. The molecule has 2 aliphatic heterocycles. The van der Waals surface area contributed by atoms with Crippen molar-refractivity contribution >= 4 is 11.8 Å². The Balaban J connectivity index is 1.58. The fourth-order valence-corrected chi connectivity index (χ4v) is 3.15. The van der Waals surface area contributed by atoms with Crippen LogP contribution in [0.15, 0.2) is 18.2 Å². The van der Waals surface area contributed by atoms with Crippen LogP contribution in [0.4, 0.5) is 8.78 Å². The summed E-state index contributed by atoms with van der Waals surface area (Å²) >= 11 is 0. The highest BCUT2D eigenvalue weighted by atomic mass is 19.2. The lowest BCUT2D eigenvalue weighted by molar-refractivity contribution is -0.140. The molecule has 1 aromatic carbocycles. The van der Waals surface area contributed by atoms with Crippen LogP contribution >= 0.6 is 0 Å². The molecule has 25 heavy (non-hydrogen) atoms. The highest BCUT2D eigenvalue weighted by Crippen LogP contribution is 2.14. The van der Waals surface area contributed by atoms with Crippen LogP contribution in [0, 0.1) is 11.6 Å². The molecule has 3 rings (SSSR count). The summed E-state index contributed by atoms with van der Waals surface area (Å²) in [5, 5.41) is 3.16. The zero-order valence-electron chi connectivity index (χ0n) is 14.0. The Hall–Kier alpha value is -2.06. The predicted molar refractivity (Wildman–Crippen MR) is 86.0 cm³/mol. The number of carbonyl (C=O) groups excluding carboxylic acids is 2. The lowest BCUT2D eigenvalue weighted by Crippen LogP contribution is -2.60. The van der Waals surface area contributed by atoms with E-state index in [0.717, 1.165) is 12.1 Å². The third-order valence-electron chi connectivity index (χ3n) is 4.63. The molecule has 1 aromatic rings. The summed E-state index contributed by atoms with van der Waals surface area (Å²) < 4.78 is 31.8. The van der Waals surface area contributed by atoms with Crippen LogP contribution in [-0.2, 0) is 9.53 Å². The molecule has 2 saturated heterocycles. The molecule has 1 N–H and O–H groups in total. The third-order valence-corrected chi connectivity index (χ3v) is 4.63. The number of halogens is 2. The molecule has 0 aromatic heterocycles. The van der Waals surface area contributed by atoms with E-state index in [1.54, 1.807) is 9.80 Å². The molecule has 6 nitrogen and oxygen atoms in total. The summed E-state index contributed by atoms with van der Waals surface area (Å²) in [6.07, 6.45) is -0.192. The number of hydrogen-bond donors (Lipinski definition) is 1. The third kappa shape index (κ3) is 3.80. The molecule has 0 radical (unpaired) electrons. The summed E-state index contributed by atoms with van der Waals surface area (Å²) in [7, 11) is 0. The molecule has 2 atom stereocenters. The van der Waals surface area contributed by atoms with Gasteiger partial charge in [-0.3, -0.25) is 9.59 Å². The first-order valence-electron chi connectivity index (χ1n) is 8.35. The van der Waals surface area contributed by atoms with Gasteiger partial charge in [0, 0.05) is 38.3 Å². The van der Waals surface area contributed by atoms with Crippen LogP contribution in [0.3, 0.4) is 0 Å². The van der Waals surface area contributed by atoms with Crippen molar-refractivity contribution in [1.82, 2.24) is 15.1 Å². The Labute approximate surface area is 144 Å². The van der Waals surface area contributed by atoms with Crippen molar-refractivity contribution in [2.24, 2.45) is 0 Å². The summed E-state index contributed by atoms with van der Waals surface area (Å²) in [6, 6.07) is 2.74. The Morgan fingerprint density at radius 1 is 1.12 bits per heavy atom. The number of hydrogen-bond acceptors (Lipinski definition) is 4. The topological polar surface area (TPSA) is 61.9 Å². The van der Waals surface area contributed by atoms with Crippen LogP contribution in [0.5, 0.6) is 0 Å². The van der Waals surface area contributed by atoms with E-state index >= 15 is 0 Å². The van der Waals surface area contributed by atoms with Crippen LogP contribution in [0.2, 0.25) is 0 Å². The highest BCUT2D eigenvalue weighted by Gasteiger charge is 2.34. The van der Waals surface area contributed by atoms with E-state index < -0.39 is 11.6 Å². The molecule has 2 fully saturated rings. The average molecular weight is 353 g/mol. The minimum absolute atomic E-state index is 0.0351. The average Bonchev–Trinajstić information content (AvgIpc) is 2.63. The lowest BCUT2D eigenvalue weighted by atomic mass is 10.1. The molecule has 0 unspecified atom stereocenters. The second-order valence-electron chi connectivity index (χ2n) is 6.25. The zero-order chi connectivity index (χ0) is 18.0. The molecule has 8 heteroatoms. The van der Waals surface area contributed by atoms with E-state index in [4.69, 9.17) is 4.74 Å². The number of benzene rings is 1. The van der Waals surface area contributed by atoms with Crippen molar-refractivity contribution in [3.8, 4) is 0 Å². The quantitative estimate of drug-likeness (QED) is 0.847. The standard InChI is InChI=1S/C17H21F2N3O3/c1-11-15(20-4-9-25-11)17(24)22-7-5-21(6-8-22)16(23)12-2-3-13(18)14(19)10-12/h2-3,10-11,15,20H,4-9H2,1H3/t11-,15+/m1/s1. The monoisotopic (exact) mass is 353 g/mol. The van der Waals surface area contributed by atoms with Gasteiger partial charge in [-0.25, -0.2) is 8.78 Å². The van der Waals surface area contributed by atoms with E-state index in [1.165, 1.54) is 6.07 Å². The van der Waals surface area contributed by atoms with Gasteiger partial charge in [0.2, 0.25) is 5.91 Å². The van der Waals surface area contributed by atoms with Crippen LogP contribution < -0.4 is 5.32 Å². The molecular formula is C17H21F2N3O3. The van der Waals surface area contributed by atoms with Crippen LogP contribution in [0.1, 0.15) is 17.3 Å². The van der Waals surface area contributed by atoms with Crippen molar-refractivity contribution in [1.29, 1.82) is 0 Å². The van der Waals surface area contributed by atoms with Crippen molar-refractivity contribution < 1.29 is 23.1 Å². The van der Waals surface area contributed by atoms with Crippen molar-refractivity contribution in [3.63, 3.8) is 0 Å². The number of morpholine rings is 1. The Bertz CT molecular complexity index is 663. The first kappa shape index (κ1) is 17.8. The van der Waals surface area contributed by atoms with Gasteiger partial charge in [0.15, 0.2) is 11.6 Å². The summed E-state index contributed by atoms with van der Waals surface area (Å²) in [6.45, 7) is 4.59. The largest absolute Gasteiger partial charge is 0.375 e. The molecular weight excluding hydrogens is 332 g/mol. The molecule has 0 spiro atoms. The number of nitrogens with zero attached hydrogens (tertiary/aromatic N) is 2. The first-order valence-corrected chi connectivity index (χ1v) is 8.35. The molecule has 2 aliphatic rings. The molecule has 0 aliphatic carbocycles. The Morgan fingerprint density at radius 3 is 2.44 bits per heavy atom. The first-order chi connectivity index (χ1) is 12.0. The zero-order valence-corrected chi connectivity index (χ0v) is 14.0. The number of nitrogens with one attached hydrogen (secondary N) is 1. The van der Waals surface area contributed by atoms with Gasteiger partial charge >= 0.3 is 0 Å². The second-order valence-corrected chi connectivity index (χ2v) is 6.25. The fraction of sp³-hybridized carbons (Fsp3) is 0.529. The summed E-state index contributed by atoms with van der Waals surface area (Å²) in [5.74, 6) is -2.43. The minimum Gasteiger partial charge on any atom is -0.375 e.